The van der Waals surface area contributed by atoms with Crippen molar-refractivity contribution >= 4 is 11.9 Å². The molecule has 1 aliphatic rings. The molecule has 1 N–H and O–H groups in total. The molecule has 3 aromatic carbocycles. The van der Waals surface area contributed by atoms with Crippen molar-refractivity contribution in [3.8, 4) is 16.9 Å². The largest absolute Gasteiger partial charge is 0.496 e. The third-order valence-corrected chi connectivity index (χ3v) is 6.00. The van der Waals surface area contributed by atoms with Gasteiger partial charge in [0.2, 0.25) is 5.91 Å². The fourth-order valence-corrected chi connectivity index (χ4v) is 4.69. The second-order valence-corrected chi connectivity index (χ2v) is 7.93. The van der Waals surface area contributed by atoms with E-state index in [1.807, 2.05) is 36.4 Å². The van der Waals surface area contributed by atoms with Crippen molar-refractivity contribution in [1.29, 1.82) is 0 Å². The first kappa shape index (κ1) is 21.6. The highest BCUT2D eigenvalue weighted by Crippen LogP contribution is 2.49. The molecule has 3 aromatic rings. The molecule has 0 saturated heterocycles. The van der Waals surface area contributed by atoms with Crippen molar-refractivity contribution in [2.75, 3.05) is 13.7 Å². The first-order valence-corrected chi connectivity index (χ1v) is 10.8. The summed E-state index contributed by atoms with van der Waals surface area (Å²) in [7, 11) is 1.55. The van der Waals surface area contributed by atoms with Gasteiger partial charge in [0.05, 0.1) is 19.3 Å². The lowest BCUT2D eigenvalue weighted by atomic mass is 9.82. The van der Waals surface area contributed by atoms with Gasteiger partial charge in [0, 0.05) is 6.92 Å². The molecule has 0 spiro atoms. The van der Waals surface area contributed by atoms with E-state index in [1.54, 1.807) is 27.0 Å². The Morgan fingerprint density at radius 2 is 1.56 bits per heavy atom. The third kappa shape index (κ3) is 3.75. The number of esters is 1. The quantitative estimate of drug-likeness (QED) is 0.545. The fraction of sp³-hybridized carbons (Fsp3) is 0.259. The Labute approximate surface area is 188 Å². The van der Waals surface area contributed by atoms with Crippen LogP contribution in [0.5, 0.6) is 5.75 Å². The highest BCUT2D eigenvalue weighted by atomic mass is 16.5. The molecule has 0 radical (unpaired) electrons. The number of nitrogens with one attached hydrogen (secondary N) is 1. The molecule has 0 fully saturated rings. The summed E-state index contributed by atoms with van der Waals surface area (Å²) in [6.45, 7) is 3.64. The lowest BCUT2D eigenvalue weighted by Crippen LogP contribution is -2.45. The Morgan fingerprint density at radius 1 is 0.938 bits per heavy atom. The molecule has 32 heavy (non-hydrogen) atoms. The molecule has 0 heterocycles. The van der Waals surface area contributed by atoms with Crippen molar-refractivity contribution < 1.29 is 19.1 Å². The monoisotopic (exact) mass is 429 g/mol. The molecular weight excluding hydrogens is 402 g/mol. The number of amides is 1. The molecule has 164 valence electrons. The summed E-state index contributed by atoms with van der Waals surface area (Å²) in [6, 6.07) is 22.0. The molecule has 5 heteroatoms. The van der Waals surface area contributed by atoms with E-state index >= 15 is 0 Å². The Balaban J connectivity index is 1.72. The van der Waals surface area contributed by atoms with Crippen molar-refractivity contribution in [3.63, 3.8) is 0 Å². The molecule has 0 bridgehead atoms. The maximum Gasteiger partial charge on any atom is 0.341 e. The highest BCUT2D eigenvalue weighted by molar-refractivity contribution is 5.92. The predicted molar refractivity (Wildman–Crippen MR) is 124 cm³/mol. The molecule has 0 saturated carbocycles. The minimum atomic E-state index is -0.619. The maximum absolute atomic E-state index is 12.3. The summed E-state index contributed by atoms with van der Waals surface area (Å²) in [5, 5.41) is 3.27. The van der Waals surface area contributed by atoms with Gasteiger partial charge in [-0.15, -0.1) is 0 Å². The van der Waals surface area contributed by atoms with Gasteiger partial charge in [0.25, 0.3) is 0 Å². The zero-order chi connectivity index (χ0) is 22.7. The normalized spacial score (nSPS) is 13.1. The van der Waals surface area contributed by atoms with Crippen LogP contribution < -0.4 is 10.1 Å². The highest BCUT2D eigenvalue weighted by Gasteiger charge is 2.43. The zero-order valence-corrected chi connectivity index (χ0v) is 18.6. The van der Waals surface area contributed by atoms with Crippen LogP contribution in [-0.4, -0.2) is 25.6 Å². The molecule has 4 rings (SSSR count). The second kappa shape index (κ2) is 8.87. The van der Waals surface area contributed by atoms with Crippen molar-refractivity contribution in [2.45, 2.75) is 32.2 Å². The van der Waals surface area contributed by atoms with Gasteiger partial charge in [-0.25, -0.2) is 4.79 Å². The van der Waals surface area contributed by atoms with Crippen molar-refractivity contribution in [1.82, 2.24) is 5.32 Å². The molecule has 5 nitrogen and oxygen atoms in total. The van der Waals surface area contributed by atoms with Crippen LogP contribution in [-0.2, 0) is 21.5 Å². The van der Waals surface area contributed by atoms with Crippen LogP contribution in [0.25, 0.3) is 11.1 Å². The Bertz CT molecular complexity index is 1120. The SMILES string of the molecule is CCOC(=O)c1ccc(CCC2(NC(C)=O)c3ccccc3-c3ccccc32)cc1OC. The number of hydrogen-bond acceptors (Lipinski definition) is 4. The van der Waals surface area contributed by atoms with Crippen molar-refractivity contribution in [2.24, 2.45) is 0 Å². The number of benzene rings is 3. The second-order valence-electron chi connectivity index (χ2n) is 7.93. The van der Waals surface area contributed by atoms with Gasteiger partial charge in [-0.1, -0.05) is 54.6 Å². The predicted octanol–water partition coefficient (Wildman–Crippen LogP) is 4.86. The number of hydrogen-bond donors (Lipinski definition) is 1. The Morgan fingerprint density at radius 3 is 2.12 bits per heavy atom. The van der Waals surface area contributed by atoms with Crippen LogP contribution in [0.3, 0.4) is 0 Å². The first-order chi connectivity index (χ1) is 15.5. The number of methoxy groups -OCH3 is 1. The van der Waals surface area contributed by atoms with Crippen LogP contribution >= 0.6 is 0 Å². The van der Waals surface area contributed by atoms with Gasteiger partial charge in [0.15, 0.2) is 0 Å². The van der Waals surface area contributed by atoms with E-state index in [2.05, 4.69) is 29.6 Å². The standard InChI is InChI=1S/C27H27NO4/c1-4-32-26(30)22-14-13-19(17-25(22)31-3)15-16-27(28-18(2)29)23-11-7-5-9-20(23)21-10-6-8-12-24(21)27/h5-14,17H,4,15-16H2,1-3H3,(H,28,29). The van der Waals surface area contributed by atoms with E-state index in [0.717, 1.165) is 27.8 Å². The number of carbonyl (C=O) groups excluding carboxylic acids is 2. The molecule has 1 amide bonds. The summed E-state index contributed by atoms with van der Waals surface area (Å²) < 4.78 is 10.6. The first-order valence-electron chi connectivity index (χ1n) is 10.8. The summed E-state index contributed by atoms with van der Waals surface area (Å²) in [5.41, 5.74) is 5.30. The van der Waals surface area contributed by atoms with Crippen LogP contribution in [0.2, 0.25) is 0 Å². The van der Waals surface area contributed by atoms with Crippen LogP contribution in [0.15, 0.2) is 66.7 Å². The third-order valence-electron chi connectivity index (χ3n) is 6.00. The average molecular weight is 430 g/mol. The lowest BCUT2D eigenvalue weighted by molar-refractivity contribution is -0.120. The van der Waals surface area contributed by atoms with Gasteiger partial charge in [-0.3, -0.25) is 4.79 Å². The van der Waals surface area contributed by atoms with E-state index < -0.39 is 11.5 Å². The van der Waals surface area contributed by atoms with Crippen LogP contribution in [0, 0.1) is 0 Å². The average Bonchev–Trinajstić information content (AvgIpc) is 3.07. The number of ether oxygens (including phenoxy) is 2. The Kier molecular flexibility index (Phi) is 5.99. The summed E-state index contributed by atoms with van der Waals surface area (Å²) >= 11 is 0. The van der Waals surface area contributed by atoms with E-state index in [4.69, 9.17) is 9.47 Å². The molecule has 0 unspecified atom stereocenters. The minimum absolute atomic E-state index is 0.0771. The number of carbonyl (C=O) groups is 2. The minimum Gasteiger partial charge on any atom is -0.496 e. The van der Waals surface area contributed by atoms with Crippen LogP contribution in [0.1, 0.15) is 47.3 Å². The van der Waals surface area contributed by atoms with Gasteiger partial charge in [-0.05, 0) is 59.7 Å². The Hall–Kier alpha value is -3.60. The van der Waals surface area contributed by atoms with Crippen molar-refractivity contribution in [3.05, 3.63) is 89.0 Å². The summed E-state index contributed by atoms with van der Waals surface area (Å²) in [5.74, 6) is 0.0118. The van der Waals surface area contributed by atoms with Gasteiger partial charge < -0.3 is 14.8 Å². The number of aryl methyl sites for hydroxylation is 1. The van der Waals surface area contributed by atoms with E-state index in [9.17, 15) is 9.59 Å². The topological polar surface area (TPSA) is 64.6 Å². The zero-order valence-electron chi connectivity index (χ0n) is 18.6. The van der Waals surface area contributed by atoms with Gasteiger partial charge >= 0.3 is 5.97 Å². The molecular formula is C27H27NO4. The summed E-state index contributed by atoms with van der Waals surface area (Å²) in [4.78, 5) is 24.5. The fourth-order valence-electron chi connectivity index (χ4n) is 4.69. The lowest BCUT2D eigenvalue weighted by Gasteiger charge is -2.33. The van der Waals surface area contributed by atoms with Crippen LogP contribution in [0.4, 0.5) is 0 Å². The molecule has 1 aliphatic carbocycles. The number of fused-ring (bicyclic) bond motifs is 3. The molecule has 0 atom stereocenters. The van der Waals surface area contributed by atoms with E-state index in [0.29, 0.717) is 30.8 Å². The molecule has 0 aromatic heterocycles. The maximum atomic E-state index is 12.3. The number of rotatable bonds is 7. The van der Waals surface area contributed by atoms with E-state index in [1.165, 1.54) is 0 Å². The smallest absolute Gasteiger partial charge is 0.341 e. The van der Waals surface area contributed by atoms with Gasteiger partial charge in [0.1, 0.15) is 11.3 Å². The van der Waals surface area contributed by atoms with Gasteiger partial charge in [-0.2, -0.15) is 0 Å². The van der Waals surface area contributed by atoms with E-state index in [-0.39, 0.29) is 5.91 Å². The molecule has 0 aliphatic heterocycles. The summed E-state index contributed by atoms with van der Waals surface area (Å²) in [6.07, 6.45) is 1.35.